The van der Waals surface area contributed by atoms with Gasteiger partial charge in [0.05, 0.1) is 5.56 Å². The molecule has 3 aliphatic rings. The number of amides is 2. The van der Waals surface area contributed by atoms with E-state index in [0.29, 0.717) is 18.4 Å². The smallest absolute Gasteiger partial charge is 0.358 e. The van der Waals surface area contributed by atoms with Crippen LogP contribution in [0.25, 0.3) is 10.9 Å². The third-order valence-corrected chi connectivity index (χ3v) is 8.83. The Labute approximate surface area is 217 Å². The molecular formula is C28H40F3N5O. The van der Waals surface area contributed by atoms with Gasteiger partial charge >= 0.3 is 12.2 Å². The van der Waals surface area contributed by atoms with E-state index < -0.39 is 11.7 Å². The van der Waals surface area contributed by atoms with Crippen molar-refractivity contribution < 1.29 is 18.0 Å². The van der Waals surface area contributed by atoms with Crippen LogP contribution < -0.4 is 5.32 Å². The number of aromatic amines is 1. The van der Waals surface area contributed by atoms with Crippen molar-refractivity contribution in [3.8, 4) is 0 Å². The molecule has 1 aromatic heterocycles. The Morgan fingerprint density at radius 2 is 1.89 bits per heavy atom. The molecule has 6 nitrogen and oxygen atoms in total. The molecule has 2 aromatic rings. The van der Waals surface area contributed by atoms with Gasteiger partial charge in [0.25, 0.3) is 0 Å². The molecule has 1 aliphatic carbocycles. The summed E-state index contributed by atoms with van der Waals surface area (Å²) in [5.74, 6) is 1.20. The number of piperazine rings is 1. The summed E-state index contributed by atoms with van der Waals surface area (Å²) < 4.78 is 40.1. The lowest BCUT2D eigenvalue weighted by Gasteiger charge is -2.44. The number of piperidine rings is 1. The number of halogens is 3. The van der Waals surface area contributed by atoms with E-state index in [2.05, 4.69) is 33.9 Å². The number of carbonyl (C=O) groups is 1. The fourth-order valence-corrected chi connectivity index (χ4v) is 6.83. The Morgan fingerprint density at radius 1 is 1.11 bits per heavy atom. The fraction of sp³-hybridized carbons (Fsp3) is 0.679. The highest BCUT2D eigenvalue weighted by molar-refractivity contribution is 5.86. The molecule has 37 heavy (non-hydrogen) atoms. The van der Waals surface area contributed by atoms with Crippen molar-refractivity contribution in [1.29, 1.82) is 0 Å². The fourth-order valence-electron chi connectivity index (χ4n) is 6.83. The molecule has 2 amide bonds. The Morgan fingerprint density at radius 3 is 2.62 bits per heavy atom. The van der Waals surface area contributed by atoms with Crippen LogP contribution in [0.5, 0.6) is 0 Å². The highest BCUT2D eigenvalue weighted by atomic mass is 19.4. The first-order valence-electron chi connectivity index (χ1n) is 13.9. The minimum atomic E-state index is -4.33. The first kappa shape index (κ1) is 26.4. The van der Waals surface area contributed by atoms with Gasteiger partial charge in [-0.15, -0.1) is 0 Å². The maximum Gasteiger partial charge on any atom is 0.416 e. The first-order valence-corrected chi connectivity index (χ1v) is 13.9. The van der Waals surface area contributed by atoms with Crippen molar-refractivity contribution in [1.82, 2.24) is 25.0 Å². The average molecular weight is 520 g/mol. The van der Waals surface area contributed by atoms with Gasteiger partial charge in [0, 0.05) is 55.9 Å². The Balaban J connectivity index is 1.14. The molecular weight excluding hydrogens is 479 g/mol. The monoisotopic (exact) mass is 519 g/mol. The number of fused-ring (bicyclic) bond motifs is 4. The van der Waals surface area contributed by atoms with Gasteiger partial charge in [-0.25, -0.2) is 4.79 Å². The largest absolute Gasteiger partial charge is 0.416 e. The van der Waals surface area contributed by atoms with Crippen molar-refractivity contribution in [2.75, 3.05) is 58.9 Å². The molecule has 2 fully saturated rings. The SMILES string of the molecule is CCCN1CCN(C(=O)NCCCN2CC[C@@H]3Cc4[nH]c5ccc(C(F)(F)F)cc5c4[C@H](C)[C@H]3C2)CC1. The number of carbonyl (C=O) groups excluding carboxylic acids is 1. The molecule has 5 rings (SSSR count). The number of urea groups is 1. The molecule has 9 heteroatoms. The molecule has 2 N–H and O–H groups in total. The first-order chi connectivity index (χ1) is 17.7. The van der Waals surface area contributed by atoms with Gasteiger partial charge in [0.15, 0.2) is 0 Å². The van der Waals surface area contributed by atoms with Gasteiger partial charge in [-0.3, -0.25) is 4.90 Å². The van der Waals surface area contributed by atoms with E-state index in [1.54, 1.807) is 6.07 Å². The quantitative estimate of drug-likeness (QED) is 0.534. The van der Waals surface area contributed by atoms with E-state index in [1.807, 2.05) is 4.90 Å². The van der Waals surface area contributed by atoms with Crippen LogP contribution in [0, 0.1) is 11.8 Å². The molecule has 0 bridgehead atoms. The van der Waals surface area contributed by atoms with E-state index in [9.17, 15) is 18.0 Å². The topological polar surface area (TPSA) is 54.6 Å². The molecule has 3 atom stereocenters. The third kappa shape index (κ3) is 5.62. The van der Waals surface area contributed by atoms with Gasteiger partial charge in [-0.2, -0.15) is 13.2 Å². The second kappa shape index (κ2) is 10.8. The van der Waals surface area contributed by atoms with E-state index >= 15 is 0 Å². The number of nitrogens with one attached hydrogen (secondary N) is 2. The second-order valence-corrected chi connectivity index (χ2v) is 11.2. The lowest BCUT2D eigenvalue weighted by atomic mass is 9.68. The van der Waals surface area contributed by atoms with Crippen molar-refractivity contribution in [3.63, 3.8) is 0 Å². The lowest BCUT2D eigenvalue weighted by Crippen LogP contribution is -2.52. The van der Waals surface area contributed by atoms with Crippen LogP contribution in [0.3, 0.4) is 0 Å². The second-order valence-electron chi connectivity index (χ2n) is 11.2. The number of aromatic nitrogens is 1. The zero-order chi connectivity index (χ0) is 26.2. The van der Waals surface area contributed by atoms with Gasteiger partial charge in [-0.05, 0) is 86.8 Å². The molecule has 204 valence electrons. The van der Waals surface area contributed by atoms with E-state index in [1.165, 1.54) is 12.1 Å². The molecule has 0 spiro atoms. The van der Waals surface area contributed by atoms with Gasteiger partial charge in [0.2, 0.25) is 0 Å². The van der Waals surface area contributed by atoms with Crippen molar-refractivity contribution in [3.05, 3.63) is 35.0 Å². The molecule has 2 aliphatic heterocycles. The van der Waals surface area contributed by atoms with Crippen LogP contribution in [0.1, 0.15) is 55.8 Å². The Bertz CT molecular complexity index is 1090. The van der Waals surface area contributed by atoms with Crippen LogP contribution in [0.2, 0.25) is 0 Å². The summed E-state index contributed by atoms with van der Waals surface area (Å²) in [5.41, 5.74) is 2.43. The number of benzene rings is 1. The minimum Gasteiger partial charge on any atom is -0.358 e. The van der Waals surface area contributed by atoms with Gasteiger partial charge in [-0.1, -0.05) is 13.8 Å². The predicted octanol–water partition coefficient (Wildman–Crippen LogP) is 4.91. The molecule has 2 saturated heterocycles. The average Bonchev–Trinajstić information content (AvgIpc) is 3.25. The molecule has 0 saturated carbocycles. The van der Waals surface area contributed by atoms with Gasteiger partial charge < -0.3 is 20.1 Å². The van der Waals surface area contributed by atoms with E-state index in [-0.39, 0.29) is 11.9 Å². The molecule has 1 aromatic carbocycles. The zero-order valence-electron chi connectivity index (χ0n) is 22.0. The summed E-state index contributed by atoms with van der Waals surface area (Å²) in [6, 6.07) is 4.13. The van der Waals surface area contributed by atoms with Crippen LogP contribution >= 0.6 is 0 Å². The summed E-state index contributed by atoms with van der Waals surface area (Å²) >= 11 is 0. The molecule has 0 unspecified atom stereocenters. The minimum absolute atomic E-state index is 0.0425. The number of alkyl halides is 3. The standard InChI is InChI=1S/C28H40F3N5O/c1-3-9-34-12-14-36(15-13-34)27(37)32-8-4-10-35-11-7-20-16-25-26(19(2)23(20)18-35)22-17-21(28(29,30)31)5-6-24(22)33-25/h5-6,17,19-20,23,33H,3-4,7-16,18H2,1-2H3,(H,32,37)/t19-,20-,23-/m1/s1. The van der Waals surface area contributed by atoms with Crippen LogP contribution in [-0.4, -0.2) is 84.6 Å². The summed E-state index contributed by atoms with van der Waals surface area (Å²) in [5, 5.41) is 3.82. The number of hydrogen-bond donors (Lipinski definition) is 2. The maximum absolute atomic E-state index is 13.4. The van der Waals surface area contributed by atoms with Crippen molar-refractivity contribution >= 4 is 16.9 Å². The molecule has 3 heterocycles. The summed E-state index contributed by atoms with van der Waals surface area (Å²) in [6.45, 7) is 12.5. The third-order valence-electron chi connectivity index (χ3n) is 8.83. The Hall–Kier alpha value is -2.26. The number of H-pyrrole nitrogens is 1. The highest BCUT2D eigenvalue weighted by Crippen LogP contribution is 2.46. The van der Waals surface area contributed by atoms with Crippen LogP contribution in [0.15, 0.2) is 18.2 Å². The van der Waals surface area contributed by atoms with Crippen molar-refractivity contribution in [2.24, 2.45) is 11.8 Å². The maximum atomic E-state index is 13.4. The number of rotatable bonds is 6. The lowest BCUT2D eigenvalue weighted by molar-refractivity contribution is -0.137. The number of likely N-dealkylation sites (tertiary alicyclic amines) is 1. The molecule has 0 radical (unpaired) electrons. The number of nitrogens with zero attached hydrogens (tertiary/aromatic N) is 3. The van der Waals surface area contributed by atoms with E-state index in [0.717, 1.165) is 100 Å². The normalized spacial score (nSPS) is 25.2. The zero-order valence-corrected chi connectivity index (χ0v) is 22.0. The predicted molar refractivity (Wildman–Crippen MR) is 140 cm³/mol. The van der Waals surface area contributed by atoms with E-state index in [4.69, 9.17) is 0 Å². The summed E-state index contributed by atoms with van der Waals surface area (Å²) in [4.78, 5) is 22.8. The summed E-state index contributed by atoms with van der Waals surface area (Å²) in [7, 11) is 0. The number of hydrogen-bond acceptors (Lipinski definition) is 3. The van der Waals surface area contributed by atoms with Crippen LogP contribution in [-0.2, 0) is 12.6 Å². The summed E-state index contributed by atoms with van der Waals surface area (Å²) in [6.07, 6.45) is -0.271. The van der Waals surface area contributed by atoms with Crippen molar-refractivity contribution in [2.45, 2.75) is 51.6 Å². The Kier molecular flexibility index (Phi) is 7.73. The van der Waals surface area contributed by atoms with Gasteiger partial charge in [0.1, 0.15) is 0 Å². The van der Waals surface area contributed by atoms with Crippen LogP contribution in [0.4, 0.5) is 18.0 Å². The highest BCUT2D eigenvalue weighted by Gasteiger charge is 2.40.